The van der Waals surface area contributed by atoms with Crippen LogP contribution in [0.3, 0.4) is 0 Å². The minimum Gasteiger partial charge on any atom is -0.497 e. The number of benzene rings is 3. The van der Waals surface area contributed by atoms with Gasteiger partial charge in [0.2, 0.25) is 0 Å². The van der Waals surface area contributed by atoms with E-state index in [1.54, 1.807) is 54.6 Å². The molecular formula is C24H18FNO4. The predicted molar refractivity (Wildman–Crippen MR) is 111 cm³/mol. The molecule has 0 N–H and O–H groups in total. The van der Waals surface area contributed by atoms with Gasteiger partial charge in [0.05, 0.1) is 31.4 Å². The van der Waals surface area contributed by atoms with Crippen LogP contribution < -0.4 is 14.2 Å². The summed E-state index contributed by atoms with van der Waals surface area (Å²) in [5, 5.41) is 9.44. The quantitative estimate of drug-likeness (QED) is 0.247. The van der Waals surface area contributed by atoms with Gasteiger partial charge in [-0.2, -0.15) is 5.26 Å². The summed E-state index contributed by atoms with van der Waals surface area (Å²) in [5.74, 6) is -0.00701. The SMILES string of the molecule is COc1cccc(C(=O)Oc2ccc(/C=C(/C#N)c3ccccc3F)cc2OC)c1. The highest BCUT2D eigenvalue weighted by molar-refractivity contribution is 5.92. The number of ether oxygens (including phenoxy) is 3. The zero-order valence-corrected chi connectivity index (χ0v) is 16.4. The average Bonchev–Trinajstić information content (AvgIpc) is 2.78. The highest BCUT2D eigenvalue weighted by Gasteiger charge is 2.14. The Morgan fingerprint density at radius 1 is 0.967 bits per heavy atom. The number of rotatable bonds is 6. The number of hydrogen-bond acceptors (Lipinski definition) is 5. The molecule has 0 spiro atoms. The van der Waals surface area contributed by atoms with Gasteiger partial charge in [-0.1, -0.05) is 30.3 Å². The molecule has 0 aliphatic heterocycles. The van der Waals surface area contributed by atoms with Gasteiger partial charge in [0.1, 0.15) is 11.6 Å². The Hall–Kier alpha value is -4.11. The number of nitrogens with zero attached hydrogens (tertiary/aromatic N) is 1. The molecule has 0 amide bonds. The summed E-state index contributed by atoms with van der Waals surface area (Å²) in [6, 6.07) is 19.4. The highest BCUT2D eigenvalue weighted by Crippen LogP contribution is 2.31. The van der Waals surface area contributed by atoms with Crippen LogP contribution in [0.25, 0.3) is 11.6 Å². The largest absolute Gasteiger partial charge is 0.497 e. The van der Waals surface area contributed by atoms with Gasteiger partial charge in [0.15, 0.2) is 11.5 Å². The topological polar surface area (TPSA) is 68.5 Å². The molecule has 0 heterocycles. The van der Waals surface area contributed by atoms with Crippen molar-refractivity contribution in [2.75, 3.05) is 14.2 Å². The number of carbonyl (C=O) groups is 1. The van der Waals surface area contributed by atoms with Crippen molar-refractivity contribution in [3.05, 3.63) is 89.2 Å². The molecular weight excluding hydrogens is 385 g/mol. The number of esters is 1. The lowest BCUT2D eigenvalue weighted by molar-refractivity contribution is 0.0729. The van der Waals surface area contributed by atoms with Crippen molar-refractivity contribution in [3.63, 3.8) is 0 Å². The molecule has 0 fully saturated rings. The standard InChI is InChI=1S/C24H18FNO4/c1-28-19-7-5-6-17(14-19)24(27)30-22-11-10-16(13-23(22)29-2)12-18(15-26)20-8-3-4-9-21(20)25/h3-14H,1-2H3/b18-12-. The first-order chi connectivity index (χ1) is 14.5. The first-order valence-corrected chi connectivity index (χ1v) is 8.96. The second kappa shape index (κ2) is 9.39. The lowest BCUT2D eigenvalue weighted by Gasteiger charge is -2.11. The Bertz CT molecular complexity index is 1150. The van der Waals surface area contributed by atoms with E-state index in [1.165, 1.54) is 32.4 Å². The molecule has 150 valence electrons. The summed E-state index contributed by atoms with van der Waals surface area (Å²) in [6.07, 6.45) is 1.54. The third kappa shape index (κ3) is 4.65. The Balaban J connectivity index is 1.88. The molecule has 0 saturated carbocycles. The zero-order valence-electron chi connectivity index (χ0n) is 16.4. The number of nitriles is 1. The van der Waals surface area contributed by atoms with Crippen LogP contribution in [0.1, 0.15) is 21.5 Å². The molecule has 3 rings (SSSR count). The van der Waals surface area contributed by atoms with E-state index in [4.69, 9.17) is 14.2 Å². The zero-order chi connectivity index (χ0) is 21.5. The molecule has 0 saturated heterocycles. The van der Waals surface area contributed by atoms with Gasteiger partial charge >= 0.3 is 5.97 Å². The fourth-order valence-electron chi connectivity index (χ4n) is 2.78. The van der Waals surface area contributed by atoms with E-state index in [0.29, 0.717) is 22.6 Å². The number of hydrogen-bond donors (Lipinski definition) is 0. The van der Waals surface area contributed by atoms with E-state index in [-0.39, 0.29) is 16.9 Å². The Morgan fingerprint density at radius 3 is 2.47 bits per heavy atom. The van der Waals surface area contributed by atoms with Crippen LogP contribution in [-0.4, -0.2) is 20.2 Å². The molecule has 3 aromatic rings. The van der Waals surface area contributed by atoms with E-state index in [1.807, 2.05) is 6.07 Å². The van der Waals surface area contributed by atoms with E-state index < -0.39 is 11.8 Å². The minimum absolute atomic E-state index is 0.163. The van der Waals surface area contributed by atoms with Gasteiger partial charge in [0.25, 0.3) is 0 Å². The van der Waals surface area contributed by atoms with E-state index in [9.17, 15) is 14.4 Å². The Labute approximate surface area is 173 Å². The first kappa shape index (κ1) is 20.6. The molecule has 0 aliphatic carbocycles. The summed E-state index contributed by atoms with van der Waals surface area (Å²) in [5.41, 5.74) is 1.28. The van der Waals surface area contributed by atoms with Gasteiger partial charge in [-0.05, 0) is 48.0 Å². The average molecular weight is 403 g/mol. The molecule has 0 aliphatic rings. The van der Waals surface area contributed by atoms with Gasteiger partial charge in [0, 0.05) is 5.56 Å². The minimum atomic E-state index is -0.570. The van der Waals surface area contributed by atoms with Crippen molar-refractivity contribution in [1.82, 2.24) is 0 Å². The molecule has 0 atom stereocenters. The second-order valence-corrected chi connectivity index (χ2v) is 6.18. The van der Waals surface area contributed by atoms with Crippen molar-refractivity contribution in [3.8, 4) is 23.3 Å². The van der Waals surface area contributed by atoms with Crippen molar-refractivity contribution in [2.45, 2.75) is 0 Å². The van der Waals surface area contributed by atoms with Crippen LogP contribution in [0.4, 0.5) is 4.39 Å². The number of methoxy groups -OCH3 is 2. The van der Waals surface area contributed by atoms with Crippen LogP contribution in [0.5, 0.6) is 17.2 Å². The van der Waals surface area contributed by atoms with E-state index in [2.05, 4.69) is 0 Å². The lowest BCUT2D eigenvalue weighted by Crippen LogP contribution is -2.09. The predicted octanol–water partition coefficient (Wildman–Crippen LogP) is 5.13. The smallest absolute Gasteiger partial charge is 0.343 e. The molecule has 0 bridgehead atoms. The first-order valence-electron chi connectivity index (χ1n) is 8.96. The van der Waals surface area contributed by atoms with E-state index in [0.717, 1.165) is 0 Å². The highest BCUT2D eigenvalue weighted by atomic mass is 19.1. The summed E-state index contributed by atoms with van der Waals surface area (Å²) < 4.78 is 29.9. The lowest BCUT2D eigenvalue weighted by atomic mass is 10.0. The second-order valence-electron chi connectivity index (χ2n) is 6.18. The van der Waals surface area contributed by atoms with Crippen molar-refractivity contribution < 1.29 is 23.4 Å². The van der Waals surface area contributed by atoms with Gasteiger partial charge < -0.3 is 14.2 Å². The normalized spacial score (nSPS) is 10.8. The molecule has 6 heteroatoms. The fraction of sp³-hybridized carbons (Fsp3) is 0.0833. The van der Waals surface area contributed by atoms with Gasteiger partial charge in [-0.25, -0.2) is 9.18 Å². The molecule has 3 aromatic carbocycles. The maximum absolute atomic E-state index is 14.0. The third-order valence-electron chi connectivity index (χ3n) is 4.29. The number of carbonyl (C=O) groups excluding carboxylic acids is 1. The molecule has 0 radical (unpaired) electrons. The van der Waals surface area contributed by atoms with Crippen LogP contribution in [0.2, 0.25) is 0 Å². The third-order valence-corrected chi connectivity index (χ3v) is 4.29. The molecule has 0 unspecified atom stereocenters. The summed E-state index contributed by atoms with van der Waals surface area (Å²) in [6.45, 7) is 0. The van der Waals surface area contributed by atoms with E-state index >= 15 is 0 Å². The molecule has 30 heavy (non-hydrogen) atoms. The maximum atomic E-state index is 14.0. The molecule has 0 aromatic heterocycles. The van der Waals surface area contributed by atoms with Gasteiger partial charge in [-0.3, -0.25) is 0 Å². The van der Waals surface area contributed by atoms with Gasteiger partial charge in [-0.15, -0.1) is 0 Å². The Morgan fingerprint density at radius 2 is 1.77 bits per heavy atom. The monoisotopic (exact) mass is 403 g/mol. The number of allylic oxidation sites excluding steroid dienone is 1. The summed E-state index contributed by atoms with van der Waals surface area (Å²) in [4.78, 5) is 12.5. The summed E-state index contributed by atoms with van der Waals surface area (Å²) in [7, 11) is 2.95. The van der Waals surface area contributed by atoms with Crippen LogP contribution in [-0.2, 0) is 0 Å². The van der Waals surface area contributed by atoms with Crippen molar-refractivity contribution >= 4 is 17.6 Å². The summed E-state index contributed by atoms with van der Waals surface area (Å²) >= 11 is 0. The van der Waals surface area contributed by atoms with Crippen molar-refractivity contribution in [1.29, 1.82) is 5.26 Å². The maximum Gasteiger partial charge on any atom is 0.343 e. The molecule has 5 nitrogen and oxygen atoms in total. The Kier molecular flexibility index (Phi) is 6.46. The fourth-order valence-corrected chi connectivity index (χ4v) is 2.78. The number of halogens is 1. The van der Waals surface area contributed by atoms with Crippen LogP contribution in [0, 0.1) is 17.1 Å². The van der Waals surface area contributed by atoms with Crippen molar-refractivity contribution in [2.24, 2.45) is 0 Å². The van der Waals surface area contributed by atoms with Crippen LogP contribution >= 0.6 is 0 Å². The van der Waals surface area contributed by atoms with Crippen LogP contribution in [0.15, 0.2) is 66.7 Å².